The number of carbonyl (C=O) groups excluding carboxylic acids is 1. The molecule has 1 N–H and O–H groups in total. The fourth-order valence-corrected chi connectivity index (χ4v) is 1.99. The van der Waals surface area contributed by atoms with Crippen molar-refractivity contribution in [2.24, 2.45) is 0 Å². The average molecular weight is 288 g/mol. The molecule has 1 aromatic carbocycles. The Morgan fingerprint density at radius 2 is 2.24 bits per heavy atom. The van der Waals surface area contributed by atoms with Crippen molar-refractivity contribution in [3.05, 3.63) is 34.2 Å². The van der Waals surface area contributed by atoms with Gasteiger partial charge >= 0.3 is 17.9 Å². The lowest BCUT2D eigenvalue weighted by atomic mass is 10.2. The number of carbonyl (C=O) groups is 1. The number of nitrogens with one attached hydrogen (secondary N) is 1. The first kappa shape index (κ1) is 13.1. The molecule has 21 heavy (non-hydrogen) atoms. The quantitative estimate of drug-likeness (QED) is 0.716. The molecule has 0 fully saturated rings. The molecule has 0 atom stereocenters. The number of aryl methyl sites for hydroxylation is 1. The summed E-state index contributed by atoms with van der Waals surface area (Å²) in [5, 5.41) is 4.56. The van der Waals surface area contributed by atoms with Gasteiger partial charge in [-0.15, -0.1) is 5.10 Å². The molecule has 0 aliphatic heterocycles. The molecule has 2 aromatic heterocycles. The number of nitrogens with zero attached hydrogens (tertiary/aromatic N) is 3. The minimum Gasteiger partial charge on any atom is -0.434 e. The molecule has 8 nitrogen and oxygen atoms in total. The van der Waals surface area contributed by atoms with Gasteiger partial charge in [0.25, 0.3) is 0 Å². The monoisotopic (exact) mass is 288 g/mol. The summed E-state index contributed by atoms with van der Waals surface area (Å²) in [5.74, 6) is 0. The average Bonchev–Trinajstić information content (AvgIpc) is 2.84. The van der Waals surface area contributed by atoms with E-state index >= 15 is 0 Å². The molecule has 0 aliphatic carbocycles. The highest BCUT2D eigenvalue weighted by atomic mass is 16.7. The van der Waals surface area contributed by atoms with Crippen molar-refractivity contribution in [1.29, 1.82) is 0 Å². The number of hydrogen-bond donors (Lipinski definition) is 1. The summed E-state index contributed by atoms with van der Waals surface area (Å²) >= 11 is 0. The van der Waals surface area contributed by atoms with Crippen LogP contribution < -0.4 is 10.4 Å². The van der Waals surface area contributed by atoms with Crippen LogP contribution in [0.25, 0.3) is 16.6 Å². The zero-order valence-electron chi connectivity index (χ0n) is 11.4. The van der Waals surface area contributed by atoms with Crippen molar-refractivity contribution >= 4 is 22.7 Å². The van der Waals surface area contributed by atoms with Crippen LogP contribution in [0.1, 0.15) is 12.5 Å². The SMILES string of the molecule is CCOC(=O)Oc1nc2c3cc(C)ccc3[nH]c(=O)n2n1. The topological polar surface area (TPSA) is 98.6 Å². The van der Waals surface area contributed by atoms with Gasteiger partial charge in [-0.3, -0.25) is 0 Å². The maximum Gasteiger partial charge on any atom is 0.516 e. The van der Waals surface area contributed by atoms with Crippen LogP contribution in [-0.4, -0.2) is 32.3 Å². The van der Waals surface area contributed by atoms with Crippen molar-refractivity contribution in [2.75, 3.05) is 6.61 Å². The van der Waals surface area contributed by atoms with Gasteiger partial charge < -0.3 is 14.5 Å². The van der Waals surface area contributed by atoms with Crippen LogP contribution in [0.15, 0.2) is 23.0 Å². The second kappa shape index (κ2) is 4.89. The third-order valence-corrected chi connectivity index (χ3v) is 2.87. The number of hydrogen-bond acceptors (Lipinski definition) is 6. The smallest absolute Gasteiger partial charge is 0.434 e. The van der Waals surface area contributed by atoms with Crippen molar-refractivity contribution in [1.82, 2.24) is 19.6 Å². The fourth-order valence-electron chi connectivity index (χ4n) is 1.99. The molecule has 0 amide bonds. The van der Waals surface area contributed by atoms with Gasteiger partial charge in [-0.25, -0.2) is 9.59 Å². The van der Waals surface area contributed by atoms with Crippen molar-refractivity contribution in [2.45, 2.75) is 13.8 Å². The Morgan fingerprint density at radius 3 is 3.00 bits per heavy atom. The summed E-state index contributed by atoms with van der Waals surface area (Å²) in [6.45, 7) is 3.75. The molecule has 2 heterocycles. The maximum absolute atomic E-state index is 11.9. The van der Waals surface area contributed by atoms with E-state index in [9.17, 15) is 9.59 Å². The van der Waals surface area contributed by atoms with Crippen molar-refractivity contribution < 1.29 is 14.3 Å². The van der Waals surface area contributed by atoms with Gasteiger partial charge in [0, 0.05) is 5.39 Å². The van der Waals surface area contributed by atoms with Crippen molar-refractivity contribution in [3.8, 4) is 6.01 Å². The standard InChI is InChI=1S/C13H12N4O4/c1-3-20-13(19)21-11-15-10-8-6-7(2)4-5-9(8)14-12(18)17(10)16-11/h4-6H,3H2,1-2H3,(H,14,18). The van der Waals surface area contributed by atoms with Crippen LogP contribution in [0.4, 0.5) is 4.79 Å². The number of benzene rings is 1. The van der Waals surface area contributed by atoms with Crippen LogP contribution in [0.2, 0.25) is 0 Å². The molecule has 0 saturated carbocycles. The molecule has 0 unspecified atom stereocenters. The number of rotatable bonds is 2. The molecule has 0 radical (unpaired) electrons. The zero-order valence-corrected chi connectivity index (χ0v) is 11.4. The number of aromatic nitrogens is 4. The Kier molecular flexibility index (Phi) is 3.05. The second-order valence-corrected chi connectivity index (χ2v) is 4.39. The van der Waals surface area contributed by atoms with Gasteiger partial charge in [-0.1, -0.05) is 11.6 Å². The van der Waals surface area contributed by atoms with E-state index in [-0.39, 0.29) is 12.6 Å². The first-order valence-electron chi connectivity index (χ1n) is 6.32. The minimum absolute atomic E-state index is 0.176. The largest absolute Gasteiger partial charge is 0.516 e. The summed E-state index contributed by atoms with van der Waals surface area (Å²) < 4.78 is 10.5. The zero-order chi connectivity index (χ0) is 15.0. The highest BCUT2D eigenvalue weighted by Crippen LogP contribution is 2.18. The van der Waals surface area contributed by atoms with Crippen LogP contribution in [-0.2, 0) is 4.74 Å². The molecule has 0 spiro atoms. The van der Waals surface area contributed by atoms with Gasteiger partial charge in [0.1, 0.15) is 0 Å². The summed E-state index contributed by atoms with van der Waals surface area (Å²) in [7, 11) is 0. The number of aromatic amines is 1. The Balaban J connectivity index is 2.17. The predicted octanol–water partition coefficient (Wildman–Crippen LogP) is 1.41. The van der Waals surface area contributed by atoms with E-state index < -0.39 is 11.8 Å². The number of H-pyrrole nitrogens is 1. The van der Waals surface area contributed by atoms with Crippen molar-refractivity contribution in [3.63, 3.8) is 0 Å². The second-order valence-electron chi connectivity index (χ2n) is 4.39. The van der Waals surface area contributed by atoms with Crippen LogP contribution in [0.5, 0.6) is 6.01 Å². The van der Waals surface area contributed by atoms with Crippen LogP contribution >= 0.6 is 0 Å². The summed E-state index contributed by atoms with van der Waals surface area (Å²) in [6, 6.07) is 5.30. The predicted molar refractivity (Wildman–Crippen MR) is 73.5 cm³/mol. The van der Waals surface area contributed by atoms with E-state index in [1.807, 2.05) is 19.1 Å². The Hall–Kier alpha value is -2.90. The van der Waals surface area contributed by atoms with Gasteiger partial charge in [-0.05, 0) is 26.0 Å². The van der Waals surface area contributed by atoms with E-state index in [1.54, 1.807) is 13.0 Å². The number of ether oxygens (including phenoxy) is 2. The molecule has 8 heteroatoms. The first-order chi connectivity index (χ1) is 10.1. The van der Waals surface area contributed by atoms with Gasteiger partial charge in [-0.2, -0.15) is 9.50 Å². The van der Waals surface area contributed by atoms with E-state index in [4.69, 9.17) is 4.74 Å². The number of fused-ring (bicyclic) bond motifs is 3. The fraction of sp³-hybridized carbons (Fsp3) is 0.231. The third-order valence-electron chi connectivity index (χ3n) is 2.87. The Morgan fingerprint density at radius 1 is 1.43 bits per heavy atom. The maximum atomic E-state index is 11.9. The van der Waals surface area contributed by atoms with E-state index in [0.717, 1.165) is 10.1 Å². The highest BCUT2D eigenvalue weighted by molar-refractivity contribution is 5.91. The molecule has 0 aliphatic rings. The van der Waals surface area contributed by atoms with Gasteiger partial charge in [0.05, 0.1) is 12.1 Å². The van der Waals surface area contributed by atoms with Crippen LogP contribution in [0.3, 0.4) is 0 Å². The van der Waals surface area contributed by atoms with E-state index in [2.05, 4.69) is 19.8 Å². The molecule has 0 saturated heterocycles. The highest BCUT2D eigenvalue weighted by Gasteiger charge is 2.15. The molecular weight excluding hydrogens is 276 g/mol. The Labute approximate surface area is 118 Å². The van der Waals surface area contributed by atoms with E-state index in [1.165, 1.54) is 0 Å². The molecular formula is C13H12N4O4. The third kappa shape index (κ3) is 2.31. The van der Waals surface area contributed by atoms with Gasteiger partial charge in [0.15, 0.2) is 5.65 Å². The summed E-state index contributed by atoms with van der Waals surface area (Å²) in [6.07, 6.45) is -0.912. The Bertz CT molecular complexity index is 896. The molecule has 108 valence electrons. The summed E-state index contributed by atoms with van der Waals surface area (Å²) in [5.41, 5.74) is 1.49. The first-order valence-corrected chi connectivity index (χ1v) is 6.32. The molecule has 0 bridgehead atoms. The molecule has 3 aromatic rings. The lowest BCUT2D eigenvalue weighted by Crippen LogP contribution is -2.17. The molecule has 3 rings (SSSR count). The van der Waals surface area contributed by atoms with Gasteiger partial charge in [0.2, 0.25) is 0 Å². The summed E-state index contributed by atoms with van der Waals surface area (Å²) in [4.78, 5) is 30.0. The lowest BCUT2D eigenvalue weighted by Gasteiger charge is -1.99. The van der Waals surface area contributed by atoms with E-state index in [0.29, 0.717) is 16.6 Å². The lowest BCUT2D eigenvalue weighted by molar-refractivity contribution is 0.101. The normalized spacial score (nSPS) is 11.0. The van der Waals surface area contributed by atoms with Crippen LogP contribution in [0, 0.1) is 6.92 Å². The minimum atomic E-state index is -0.912.